The Morgan fingerprint density at radius 3 is 1.26 bits per heavy atom. The summed E-state index contributed by atoms with van der Waals surface area (Å²) in [5.74, 6) is 1.47. The summed E-state index contributed by atoms with van der Waals surface area (Å²) < 4.78 is 0. The van der Waals surface area contributed by atoms with Gasteiger partial charge in [-0.2, -0.15) is 0 Å². The van der Waals surface area contributed by atoms with Crippen molar-refractivity contribution in [3.05, 3.63) is 71.8 Å². The third kappa shape index (κ3) is 8.78. The SMILES string of the molecule is Br.Br.CCP(Cc1ccccc1)CP(CC)Cc1ccccc1. The second-order valence-corrected chi connectivity index (χ2v) is 11.1. The van der Waals surface area contributed by atoms with E-state index in [-0.39, 0.29) is 49.8 Å². The van der Waals surface area contributed by atoms with E-state index in [2.05, 4.69) is 74.5 Å². The first kappa shape index (κ1) is 23.3. The molecule has 2 unspecified atom stereocenters. The molecule has 4 heteroatoms. The minimum Gasteiger partial charge on any atom is -0.114 e. The van der Waals surface area contributed by atoms with Gasteiger partial charge < -0.3 is 0 Å². The Labute approximate surface area is 165 Å². The summed E-state index contributed by atoms with van der Waals surface area (Å²) in [5, 5.41) is 0. The summed E-state index contributed by atoms with van der Waals surface area (Å²) in [5.41, 5.74) is 3.05. The van der Waals surface area contributed by atoms with Crippen LogP contribution in [0.2, 0.25) is 0 Å². The van der Waals surface area contributed by atoms with Crippen LogP contribution in [0.1, 0.15) is 25.0 Å². The Morgan fingerprint density at radius 2 is 0.957 bits per heavy atom. The van der Waals surface area contributed by atoms with Crippen molar-refractivity contribution in [3.63, 3.8) is 0 Å². The van der Waals surface area contributed by atoms with Crippen molar-refractivity contribution in [2.75, 3.05) is 18.2 Å². The van der Waals surface area contributed by atoms with Gasteiger partial charge >= 0.3 is 0 Å². The van der Waals surface area contributed by atoms with Crippen LogP contribution in [0, 0.1) is 0 Å². The molecule has 0 radical (unpaired) electrons. The lowest BCUT2D eigenvalue weighted by Crippen LogP contribution is -1.95. The molecule has 2 aromatic carbocycles. The molecular weight excluding hydrogens is 450 g/mol. The number of halogens is 2. The Balaban J connectivity index is 0.00000242. The Kier molecular flexibility index (Phi) is 13.7. The van der Waals surface area contributed by atoms with Crippen molar-refractivity contribution in [2.24, 2.45) is 0 Å². The summed E-state index contributed by atoms with van der Waals surface area (Å²) in [6.07, 6.45) is 5.33. The topological polar surface area (TPSA) is 0 Å². The maximum Gasteiger partial charge on any atom is -0.00700 e. The van der Waals surface area contributed by atoms with Gasteiger partial charge in [-0.05, 0) is 41.7 Å². The van der Waals surface area contributed by atoms with Gasteiger partial charge in [-0.3, -0.25) is 0 Å². The summed E-state index contributed by atoms with van der Waals surface area (Å²) in [6.45, 7) is 4.75. The Hall–Kier alpha value is 0.260. The average Bonchev–Trinajstić information content (AvgIpc) is 2.55. The normalized spacial score (nSPS) is 12.6. The summed E-state index contributed by atoms with van der Waals surface area (Å²) in [4.78, 5) is 0. The van der Waals surface area contributed by atoms with Crippen molar-refractivity contribution in [3.8, 4) is 0 Å². The lowest BCUT2D eigenvalue weighted by molar-refractivity contribution is 1.33. The highest BCUT2D eigenvalue weighted by atomic mass is 79.9. The van der Waals surface area contributed by atoms with Gasteiger partial charge in [-0.1, -0.05) is 90.4 Å². The van der Waals surface area contributed by atoms with Crippen LogP contribution < -0.4 is 0 Å². The number of benzene rings is 2. The second-order valence-electron chi connectivity index (χ2n) is 5.40. The van der Waals surface area contributed by atoms with Crippen LogP contribution >= 0.6 is 49.8 Å². The van der Waals surface area contributed by atoms with E-state index in [0.717, 1.165) is 0 Å². The molecule has 0 amide bonds. The third-order valence-electron chi connectivity index (χ3n) is 3.79. The largest absolute Gasteiger partial charge is 0.114 e. The van der Waals surface area contributed by atoms with Crippen molar-refractivity contribution < 1.29 is 0 Å². The highest BCUT2D eigenvalue weighted by Crippen LogP contribution is 2.53. The molecule has 23 heavy (non-hydrogen) atoms. The summed E-state index contributed by atoms with van der Waals surface area (Å²) in [7, 11) is 0.305. The van der Waals surface area contributed by atoms with Crippen molar-refractivity contribution in [2.45, 2.75) is 26.2 Å². The summed E-state index contributed by atoms with van der Waals surface area (Å²) in [6, 6.07) is 22.1. The van der Waals surface area contributed by atoms with E-state index >= 15 is 0 Å². The van der Waals surface area contributed by atoms with Crippen molar-refractivity contribution in [1.82, 2.24) is 0 Å². The number of hydrogen-bond acceptors (Lipinski definition) is 0. The fourth-order valence-electron chi connectivity index (χ4n) is 2.49. The molecule has 0 N–H and O–H groups in total. The molecule has 0 aliphatic rings. The van der Waals surface area contributed by atoms with Crippen LogP contribution in [0.15, 0.2) is 60.7 Å². The zero-order valence-corrected chi connectivity index (χ0v) is 19.2. The van der Waals surface area contributed by atoms with Crippen LogP contribution in [-0.4, -0.2) is 18.2 Å². The lowest BCUT2D eigenvalue weighted by atomic mass is 10.2. The predicted octanol–water partition coefficient (Wildman–Crippen LogP) is 7.50. The van der Waals surface area contributed by atoms with Gasteiger partial charge in [-0.25, -0.2) is 0 Å². The minimum atomic E-state index is 0. The number of rotatable bonds is 8. The molecule has 0 heterocycles. The molecule has 2 rings (SSSR count). The van der Waals surface area contributed by atoms with Gasteiger partial charge in [0.2, 0.25) is 0 Å². The van der Waals surface area contributed by atoms with Crippen LogP contribution in [0.5, 0.6) is 0 Å². The van der Waals surface area contributed by atoms with Gasteiger partial charge in [0, 0.05) is 0 Å². The van der Waals surface area contributed by atoms with E-state index in [0.29, 0.717) is 0 Å². The molecule has 0 nitrogen and oxygen atoms in total. The summed E-state index contributed by atoms with van der Waals surface area (Å²) >= 11 is 0. The average molecular weight is 478 g/mol. The zero-order chi connectivity index (χ0) is 14.9. The lowest BCUT2D eigenvalue weighted by Gasteiger charge is -2.23. The van der Waals surface area contributed by atoms with Crippen molar-refractivity contribution >= 4 is 49.8 Å². The van der Waals surface area contributed by atoms with Gasteiger partial charge in [0.25, 0.3) is 0 Å². The molecule has 0 aliphatic carbocycles. The molecule has 0 fully saturated rings. The molecule has 0 saturated carbocycles. The highest BCUT2D eigenvalue weighted by molar-refractivity contribution is 8.93. The van der Waals surface area contributed by atoms with Gasteiger partial charge in [0.05, 0.1) is 0 Å². The van der Waals surface area contributed by atoms with Gasteiger partial charge in [0.1, 0.15) is 0 Å². The first-order valence-electron chi connectivity index (χ1n) is 7.84. The molecule has 2 atom stereocenters. The monoisotopic (exact) mass is 476 g/mol. The van der Waals surface area contributed by atoms with Crippen LogP contribution in [-0.2, 0) is 12.3 Å². The van der Waals surface area contributed by atoms with E-state index < -0.39 is 0 Å². The Bertz CT molecular complexity index is 458. The number of hydrogen-bond donors (Lipinski definition) is 0. The molecule has 0 saturated heterocycles. The minimum absolute atomic E-state index is 0. The predicted molar refractivity (Wildman–Crippen MR) is 121 cm³/mol. The molecule has 128 valence electrons. The fraction of sp³-hybridized carbons (Fsp3) is 0.368. The molecule has 0 aromatic heterocycles. The standard InChI is InChI=1S/C19H26P2.2BrH/c1-3-20(15-18-11-7-5-8-12-18)17-21(4-2)16-19-13-9-6-10-14-19;;/h5-14H,3-4,15-17H2,1-2H3;2*1H. The van der Waals surface area contributed by atoms with Crippen LogP contribution in [0.3, 0.4) is 0 Å². The maximum atomic E-state index is 2.38. The molecule has 2 aromatic rings. The van der Waals surface area contributed by atoms with E-state index in [1.165, 1.54) is 41.7 Å². The first-order valence-corrected chi connectivity index (χ1v) is 11.6. The van der Waals surface area contributed by atoms with E-state index in [9.17, 15) is 0 Å². The van der Waals surface area contributed by atoms with Gasteiger partial charge in [0.15, 0.2) is 0 Å². The Morgan fingerprint density at radius 1 is 0.609 bits per heavy atom. The molecule has 0 spiro atoms. The second kappa shape index (κ2) is 13.5. The smallest absolute Gasteiger partial charge is 0.00700 e. The quantitative estimate of drug-likeness (QED) is 0.345. The van der Waals surface area contributed by atoms with E-state index in [1.807, 2.05) is 0 Å². The van der Waals surface area contributed by atoms with Gasteiger partial charge in [-0.15, -0.1) is 34.0 Å². The van der Waals surface area contributed by atoms with Crippen molar-refractivity contribution in [1.29, 1.82) is 0 Å². The maximum absolute atomic E-state index is 2.38. The van der Waals surface area contributed by atoms with E-state index in [4.69, 9.17) is 0 Å². The molecule has 0 aliphatic heterocycles. The first-order chi connectivity index (χ1) is 10.3. The van der Waals surface area contributed by atoms with Crippen LogP contribution in [0.25, 0.3) is 0 Å². The fourth-order valence-corrected chi connectivity index (χ4v) is 9.05. The molecular formula is C19H28Br2P2. The zero-order valence-electron chi connectivity index (χ0n) is 14.0. The third-order valence-corrected chi connectivity index (χ3v) is 10.4. The highest BCUT2D eigenvalue weighted by Gasteiger charge is 2.14. The van der Waals surface area contributed by atoms with Crippen LogP contribution in [0.4, 0.5) is 0 Å². The van der Waals surface area contributed by atoms with E-state index in [1.54, 1.807) is 0 Å². The molecule has 0 bridgehead atoms.